The number of aromatic nitrogens is 3. The van der Waals surface area contributed by atoms with Gasteiger partial charge in [0.25, 0.3) is 0 Å². The van der Waals surface area contributed by atoms with Crippen molar-refractivity contribution >= 4 is 16.9 Å². The lowest BCUT2D eigenvalue weighted by Crippen LogP contribution is -2.03. The van der Waals surface area contributed by atoms with E-state index in [1.165, 1.54) is 24.0 Å². The molecule has 0 saturated carbocycles. The Morgan fingerprint density at radius 3 is 2.46 bits per heavy atom. The van der Waals surface area contributed by atoms with Gasteiger partial charge in [0.1, 0.15) is 11.0 Å². The standard InChI is InChI=1S/C21H28N4O/c1-3-5-7-15-8-10-16(11-9-15)13-17-14-23-19-18(17)24-21(25-20(19)22)26-12-6-4-2/h8-11,14,23H,3-7,12-13H2,1-2H3,(H2,22,24,25). The average molecular weight is 352 g/mol. The van der Waals surface area contributed by atoms with Gasteiger partial charge in [-0.05, 0) is 30.4 Å². The zero-order chi connectivity index (χ0) is 18.4. The summed E-state index contributed by atoms with van der Waals surface area (Å²) >= 11 is 0. The first-order valence-corrected chi connectivity index (χ1v) is 9.55. The molecular weight excluding hydrogens is 324 g/mol. The first-order valence-electron chi connectivity index (χ1n) is 9.55. The van der Waals surface area contributed by atoms with Gasteiger partial charge in [-0.15, -0.1) is 0 Å². The minimum Gasteiger partial charge on any atom is -0.463 e. The van der Waals surface area contributed by atoms with Gasteiger partial charge in [0.2, 0.25) is 0 Å². The van der Waals surface area contributed by atoms with Crippen LogP contribution in [0.3, 0.4) is 0 Å². The van der Waals surface area contributed by atoms with E-state index in [9.17, 15) is 0 Å². The lowest BCUT2D eigenvalue weighted by Gasteiger charge is -2.06. The van der Waals surface area contributed by atoms with Crippen molar-refractivity contribution in [1.82, 2.24) is 15.0 Å². The molecule has 5 nitrogen and oxygen atoms in total. The SMILES string of the molecule is CCCCOc1nc(N)c2[nH]cc(Cc3ccc(CCCC)cc3)c2n1. The van der Waals surface area contributed by atoms with Crippen LogP contribution in [0.4, 0.5) is 5.82 Å². The third-order valence-corrected chi connectivity index (χ3v) is 4.58. The Labute approximate surface area is 155 Å². The molecule has 0 unspecified atom stereocenters. The molecule has 3 N–H and O–H groups in total. The number of aryl methyl sites for hydroxylation is 1. The van der Waals surface area contributed by atoms with Gasteiger partial charge in [-0.25, -0.2) is 0 Å². The van der Waals surface area contributed by atoms with Crippen molar-refractivity contribution in [2.24, 2.45) is 0 Å². The highest BCUT2D eigenvalue weighted by Crippen LogP contribution is 2.25. The molecule has 0 atom stereocenters. The number of hydrogen-bond donors (Lipinski definition) is 2. The summed E-state index contributed by atoms with van der Waals surface area (Å²) in [5.41, 5.74) is 11.5. The number of nitrogen functional groups attached to an aromatic ring is 1. The monoisotopic (exact) mass is 352 g/mol. The summed E-state index contributed by atoms with van der Waals surface area (Å²) in [4.78, 5) is 12.0. The van der Waals surface area contributed by atoms with Crippen LogP contribution >= 0.6 is 0 Å². The van der Waals surface area contributed by atoms with E-state index in [0.29, 0.717) is 18.4 Å². The van der Waals surface area contributed by atoms with Crippen molar-refractivity contribution in [2.75, 3.05) is 12.3 Å². The Bertz CT molecular complexity index is 839. The molecule has 2 aromatic heterocycles. The van der Waals surface area contributed by atoms with Crippen molar-refractivity contribution in [2.45, 2.75) is 52.4 Å². The Balaban J connectivity index is 1.78. The topological polar surface area (TPSA) is 76.8 Å². The number of nitrogens with one attached hydrogen (secondary N) is 1. The Kier molecular flexibility index (Phi) is 6.10. The smallest absolute Gasteiger partial charge is 0.319 e. The molecule has 0 saturated heterocycles. The van der Waals surface area contributed by atoms with E-state index in [1.807, 2.05) is 6.20 Å². The van der Waals surface area contributed by atoms with Crippen LogP contribution in [0.5, 0.6) is 6.01 Å². The predicted octanol–water partition coefficient (Wildman–Crippen LogP) is 4.65. The Morgan fingerprint density at radius 2 is 1.73 bits per heavy atom. The van der Waals surface area contributed by atoms with Crippen molar-refractivity contribution < 1.29 is 4.74 Å². The van der Waals surface area contributed by atoms with Crippen molar-refractivity contribution in [1.29, 1.82) is 0 Å². The van der Waals surface area contributed by atoms with Gasteiger partial charge in [-0.2, -0.15) is 9.97 Å². The van der Waals surface area contributed by atoms with Gasteiger partial charge >= 0.3 is 6.01 Å². The number of nitrogens with two attached hydrogens (primary N) is 1. The molecule has 0 spiro atoms. The van der Waals surface area contributed by atoms with E-state index in [2.05, 4.69) is 53.1 Å². The fourth-order valence-corrected chi connectivity index (χ4v) is 2.99. The third kappa shape index (κ3) is 4.34. The minimum atomic E-state index is 0.360. The number of ether oxygens (including phenoxy) is 1. The van der Waals surface area contributed by atoms with Gasteiger partial charge in [-0.1, -0.05) is 51.0 Å². The summed E-state index contributed by atoms with van der Waals surface area (Å²) in [7, 11) is 0. The Hall–Kier alpha value is -2.56. The first kappa shape index (κ1) is 18.2. The number of rotatable bonds is 9. The van der Waals surface area contributed by atoms with Gasteiger partial charge in [0.15, 0.2) is 5.82 Å². The molecular formula is C21H28N4O. The quantitative estimate of drug-likeness (QED) is 0.549. The zero-order valence-corrected chi connectivity index (χ0v) is 15.7. The number of H-pyrrole nitrogens is 1. The largest absolute Gasteiger partial charge is 0.463 e. The predicted molar refractivity (Wildman–Crippen MR) is 107 cm³/mol. The van der Waals surface area contributed by atoms with Crippen LogP contribution in [-0.2, 0) is 12.8 Å². The van der Waals surface area contributed by atoms with Gasteiger partial charge in [-0.3, -0.25) is 0 Å². The molecule has 0 aliphatic rings. The number of anilines is 1. The highest BCUT2D eigenvalue weighted by molar-refractivity contribution is 5.87. The number of nitrogens with zero attached hydrogens (tertiary/aromatic N) is 2. The van der Waals surface area contributed by atoms with Gasteiger partial charge in [0, 0.05) is 18.2 Å². The maximum Gasteiger partial charge on any atom is 0.319 e. The highest BCUT2D eigenvalue weighted by atomic mass is 16.5. The number of benzene rings is 1. The summed E-state index contributed by atoms with van der Waals surface area (Å²) < 4.78 is 5.65. The number of aromatic amines is 1. The van der Waals surface area contributed by atoms with Crippen LogP contribution in [0, 0.1) is 0 Å². The van der Waals surface area contributed by atoms with E-state index in [0.717, 1.165) is 42.3 Å². The molecule has 2 heterocycles. The van der Waals surface area contributed by atoms with E-state index < -0.39 is 0 Å². The summed E-state index contributed by atoms with van der Waals surface area (Å²) in [6.07, 6.45) is 8.42. The second kappa shape index (κ2) is 8.70. The summed E-state index contributed by atoms with van der Waals surface area (Å²) in [5, 5.41) is 0. The van der Waals surface area contributed by atoms with E-state index in [4.69, 9.17) is 10.5 Å². The van der Waals surface area contributed by atoms with Crippen LogP contribution in [0.2, 0.25) is 0 Å². The lowest BCUT2D eigenvalue weighted by atomic mass is 10.0. The molecule has 0 radical (unpaired) electrons. The lowest BCUT2D eigenvalue weighted by molar-refractivity contribution is 0.287. The van der Waals surface area contributed by atoms with Crippen molar-refractivity contribution in [3.05, 3.63) is 47.2 Å². The molecule has 0 bridgehead atoms. The second-order valence-electron chi connectivity index (χ2n) is 6.73. The van der Waals surface area contributed by atoms with Crippen LogP contribution in [-0.4, -0.2) is 21.6 Å². The maximum absolute atomic E-state index is 6.07. The van der Waals surface area contributed by atoms with E-state index in [1.54, 1.807) is 0 Å². The third-order valence-electron chi connectivity index (χ3n) is 4.58. The van der Waals surface area contributed by atoms with Gasteiger partial charge < -0.3 is 15.5 Å². The van der Waals surface area contributed by atoms with Crippen molar-refractivity contribution in [3.63, 3.8) is 0 Å². The normalized spacial score (nSPS) is 11.2. The van der Waals surface area contributed by atoms with Crippen LogP contribution in [0.1, 0.15) is 56.2 Å². The molecule has 3 aromatic rings. The number of fused-ring (bicyclic) bond motifs is 1. The Morgan fingerprint density at radius 1 is 1.00 bits per heavy atom. The van der Waals surface area contributed by atoms with Crippen LogP contribution in [0.15, 0.2) is 30.5 Å². The fourth-order valence-electron chi connectivity index (χ4n) is 2.99. The molecule has 0 aliphatic heterocycles. The molecule has 1 aromatic carbocycles. The number of hydrogen-bond acceptors (Lipinski definition) is 4. The fraction of sp³-hybridized carbons (Fsp3) is 0.429. The minimum absolute atomic E-state index is 0.360. The molecule has 0 fully saturated rings. The van der Waals surface area contributed by atoms with Crippen molar-refractivity contribution in [3.8, 4) is 6.01 Å². The maximum atomic E-state index is 6.07. The molecule has 5 heteroatoms. The van der Waals surface area contributed by atoms with E-state index >= 15 is 0 Å². The zero-order valence-electron chi connectivity index (χ0n) is 15.7. The second-order valence-corrected chi connectivity index (χ2v) is 6.73. The molecule has 3 rings (SSSR count). The van der Waals surface area contributed by atoms with Gasteiger partial charge in [0.05, 0.1) is 6.61 Å². The highest BCUT2D eigenvalue weighted by Gasteiger charge is 2.12. The first-order chi connectivity index (χ1) is 12.7. The molecule has 0 amide bonds. The van der Waals surface area contributed by atoms with Crippen LogP contribution in [0.25, 0.3) is 11.0 Å². The molecule has 138 valence electrons. The van der Waals surface area contributed by atoms with Crippen LogP contribution < -0.4 is 10.5 Å². The molecule has 0 aliphatic carbocycles. The number of unbranched alkanes of at least 4 members (excludes halogenated alkanes) is 2. The summed E-state index contributed by atoms with van der Waals surface area (Å²) in [5.74, 6) is 0.433. The van der Waals surface area contributed by atoms with E-state index in [-0.39, 0.29) is 0 Å². The summed E-state index contributed by atoms with van der Waals surface area (Å²) in [6, 6.07) is 9.21. The average Bonchev–Trinajstić information content (AvgIpc) is 3.05. The summed E-state index contributed by atoms with van der Waals surface area (Å²) in [6.45, 7) is 4.96. The molecule has 26 heavy (non-hydrogen) atoms.